The average molecular weight is 498 g/mol. The molecule has 0 bridgehead atoms. The molecular formula is C24H23IN2O2. The quantitative estimate of drug-likeness (QED) is 0.487. The van der Waals surface area contributed by atoms with Gasteiger partial charge < -0.3 is 11.1 Å². The summed E-state index contributed by atoms with van der Waals surface area (Å²) in [5.41, 5.74) is 7.32. The summed E-state index contributed by atoms with van der Waals surface area (Å²) in [7, 11) is 0. The second kappa shape index (κ2) is 9.22. The number of nitrogens with two attached hydrogens (primary N) is 1. The summed E-state index contributed by atoms with van der Waals surface area (Å²) in [5, 5.41) is 2.91. The Morgan fingerprint density at radius 3 is 1.97 bits per heavy atom. The maximum atomic E-state index is 13.5. The molecule has 3 N–H and O–H groups in total. The Hall–Kier alpha value is -2.67. The van der Waals surface area contributed by atoms with Gasteiger partial charge in [0.25, 0.3) is 0 Å². The fourth-order valence-corrected chi connectivity index (χ4v) is 4.00. The van der Waals surface area contributed by atoms with E-state index in [2.05, 4.69) is 27.9 Å². The lowest BCUT2D eigenvalue weighted by molar-refractivity contribution is -0.129. The fourth-order valence-electron chi connectivity index (χ4n) is 3.40. The molecule has 5 heteroatoms. The Bertz CT molecular complexity index is 951. The monoisotopic (exact) mass is 498 g/mol. The van der Waals surface area contributed by atoms with Gasteiger partial charge in [-0.1, -0.05) is 72.8 Å². The van der Waals surface area contributed by atoms with Gasteiger partial charge in [0.2, 0.25) is 11.8 Å². The SMILES string of the molecule is CC(C(=O)N[C@@H](Cc1cccc(I)c1)C(N)=O)(c1ccccc1)c1ccccc1. The zero-order valence-corrected chi connectivity index (χ0v) is 18.3. The van der Waals surface area contributed by atoms with E-state index in [4.69, 9.17) is 5.73 Å². The van der Waals surface area contributed by atoms with Crippen LogP contribution in [0, 0.1) is 3.57 Å². The Kier molecular flexibility index (Phi) is 6.69. The van der Waals surface area contributed by atoms with Crippen LogP contribution in [0.2, 0.25) is 0 Å². The van der Waals surface area contributed by atoms with Gasteiger partial charge in [-0.05, 0) is 58.3 Å². The lowest BCUT2D eigenvalue weighted by atomic mass is 9.75. The minimum atomic E-state index is -0.957. The molecule has 0 radical (unpaired) electrons. The standard InChI is InChI=1S/C24H23IN2O2/c1-24(18-10-4-2-5-11-18,19-12-6-3-7-13-19)23(29)27-21(22(26)28)16-17-9-8-14-20(25)15-17/h2-15,21H,16H2,1H3,(H2,26,28)(H,27,29)/t21-/m0/s1. The number of amides is 2. The van der Waals surface area contributed by atoms with Gasteiger partial charge in [0, 0.05) is 9.99 Å². The Morgan fingerprint density at radius 2 is 1.48 bits per heavy atom. The minimum Gasteiger partial charge on any atom is -0.368 e. The summed E-state index contributed by atoms with van der Waals surface area (Å²) in [4.78, 5) is 25.6. The van der Waals surface area contributed by atoms with E-state index >= 15 is 0 Å². The fraction of sp³-hybridized carbons (Fsp3) is 0.167. The number of hydrogen-bond donors (Lipinski definition) is 2. The third kappa shape index (κ3) is 4.85. The number of carbonyl (C=O) groups excluding carboxylic acids is 2. The smallest absolute Gasteiger partial charge is 0.240 e. The normalized spacial score (nSPS) is 12.2. The highest BCUT2D eigenvalue weighted by atomic mass is 127. The maximum Gasteiger partial charge on any atom is 0.240 e. The van der Waals surface area contributed by atoms with Crippen molar-refractivity contribution < 1.29 is 9.59 Å². The molecule has 0 fully saturated rings. The predicted molar refractivity (Wildman–Crippen MR) is 123 cm³/mol. The van der Waals surface area contributed by atoms with Crippen molar-refractivity contribution in [1.29, 1.82) is 0 Å². The molecule has 3 aromatic carbocycles. The Balaban J connectivity index is 1.94. The summed E-state index contributed by atoms with van der Waals surface area (Å²) >= 11 is 2.22. The number of nitrogens with one attached hydrogen (secondary N) is 1. The number of carbonyl (C=O) groups is 2. The minimum absolute atomic E-state index is 0.260. The molecule has 3 aromatic rings. The summed E-state index contributed by atoms with van der Waals surface area (Å²) in [6.45, 7) is 1.87. The van der Waals surface area contributed by atoms with E-state index in [0.29, 0.717) is 6.42 Å². The van der Waals surface area contributed by atoms with E-state index in [1.54, 1.807) is 0 Å². The van der Waals surface area contributed by atoms with E-state index in [0.717, 1.165) is 20.3 Å². The first kappa shape index (κ1) is 21.0. The molecule has 1 atom stereocenters. The van der Waals surface area contributed by atoms with Crippen molar-refractivity contribution in [3.05, 3.63) is 105 Å². The van der Waals surface area contributed by atoms with Crippen molar-refractivity contribution in [3.63, 3.8) is 0 Å². The molecule has 0 unspecified atom stereocenters. The molecule has 0 heterocycles. The van der Waals surface area contributed by atoms with Crippen LogP contribution in [-0.2, 0) is 21.4 Å². The van der Waals surface area contributed by atoms with Gasteiger partial charge in [-0.3, -0.25) is 9.59 Å². The van der Waals surface area contributed by atoms with Crippen molar-refractivity contribution in [2.75, 3.05) is 0 Å². The lowest BCUT2D eigenvalue weighted by Crippen LogP contribution is -2.52. The molecule has 0 aliphatic heterocycles. The molecule has 29 heavy (non-hydrogen) atoms. The van der Waals surface area contributed by atoms with Crippen LogP contribution in [0.5, 0.6) is 0 Å². The van der Waals surface area contributed by atoms with Gasteiger partial charge in [-0.25, -0.2) is 0 Å². The van der Waals surface area contributed by atoms with Crippen LogP contribution >= 0.6 is 22.6 Å². The maximum absolute atomic E-state index is 13.5. The summed E-state index contributed by atoms with van der Waals surface area (Å²) < 4.78 is 1.06. The van der Waals surface area contributed by atoms with E-state index in [1.807, 2.05) is 91.9 Å². The van der Waals surface area contributed by atoms with Gasteiger partial charge >= 0.3 is 0 Å². The summed E-state index contributed by atoms with van der Waals surface area (Å²) in [5.74, 6) is -0.815. The molecule has 148 valence electrons. The van der Waals surface area contributed by atoms with Crippen molar-refractivity contribution in [1.82, 2.24) is 5.32 Å². The Morgan fingerprint density at radius 1 is 0.931 bits per heavy atom. The van der Waals surface area contributed by atoms with Crippen molar-refractivity contribution >= 4 is 34.4 Å². The molecule has 0 aliphatic rings. The zero-order valence-electron chi connectivity index (χ0n) is 16.1. The molecule has 2 amide bonds. The van der Waals surface area contributed by atoms with Crippen molar-refractivity contribution in [2.24, 2.45) is 5.73 Å². The molecule has 4 nitrogen and oxygen atoms in total. The number of rotatable bonds is 7. The van der Waals surface area contributed by atoms with Crippen LogP contribution < -0.4 is 11.1 Å². The lowest BCUT2D eigenvalue weighted by Gasteiger charge is -2.31. The molecule has 0 aliphatic carbocycles. The van der Waals surface area contributed by atoms with E-state index in [9.17, 15) is 9.59 Å². The third-order valence-corrected chi connectivity index (χ3v) is 5.81. The van der Waals surface area contributed by atoms with Crippen LogP contribution in [0.15, 0.2) is 84.9 Å². The number of primary amides is 1. The first-order chi connectivity index (χ1) is 13.9. The van der Waals surface area contributed by atoms with Gasteiger partial charge in [0.1, 0.15) is 6.04 Å². The third-order valence-electron chi connectivity index (χ3n) is 5.13. The van der Waals surface area contributed by atoms with Crippen LogP contribution in [-0.4, -0.2) is 17.9 Å². The van der Waals surface area contributed by atoms with E-state index < -0.39 is 17.4 Å². The van der Waals surface area contributed by atoms with Crippen LogP contribution in [0.4, 0.5) is 0 Å². The van der Waals surface area contributed by atoms with Gasteiger partial charge in [-0.15, -0.1) is 0 Å². The predicted octanol–water partition coefficient (Wildman–Crippen LogP) is 3.81. The summed E-state index contributed by atoms with van der Waals surface area (Å²) in [6.07, 6.45) is 0.345. The van der Waals surface area contributed by atoms with Gasteiger partial charge in [0.05, 0.1) is 5.41 Å². The van der Waals surface area contributed by atoms with Crippen LogP contribution in [0.1, 0.15) is 23.6 Å². The van der Waals surface area contributed by atoms with Crippen LogP contribution in [0.3, 0.4) is 0 Å². The highest BCUT2D eigenvalue weighted by Gasteiger charge is 2.38. The highest BCUT2D eigenvalue weighted by molar-refractivity contribution is 14.1. The number of hydrogen-bond acceptors (Lipinski definition) is 2. The highest BCUT2D eigenvalue weighted by Crippen LogP contribution is 2.32. The van der Waals surface area contributed by atoms with Gasteiger partial charge in [0.15, 0.2) is 0 Å². The molecular weight excluding hydrogens is 475 g/mol. The molecule has 0 spiro atoms. The number of benzene rings is 3. The molecule has 0 saturated heterocycles. The average Bonchev–Trinajstić information content (AvgIpc) is 2.73. The molecule has 3 rings (SSSR count). The largest absolute Gasteiger partial charge is 0.368 e. The van der Waals surface area contributed by atoms with Crippen molar-refractivity contribution in [3.8, 4) is 0 Å². The zero-order chi connectivity index (χ0) is 20.9. The topological polar surface area (TPSA) is 72.2 Å². The van der Waals surface area contributed by atoms with E-state index in [1.165, 1.54) is 0 Å². The van der Waals surface area contributed by atoms with Crippen LogP contribution in [0.25, 0.3) is 0 Å². The Labute approximate surface area is 184 Å². The second-order valence-electron chi connectivity index (χ2n) is 7.12. The molecule has 0 saturated carbocycles. The van der Waals surface area contributed by atoms with Gasteiger partial charge in [-0.2, -0.15) is 0 Å². The van der Waals surface area contributed by atoms with Crippen molar-refractivity contribution in [2.45, 2.75) is 24.8 Å². The van der Waals surface area contributed by atoms with E-state index in [-0.39, 0.29) is 5.91 Å². The summed E-state index contributed by atoms with van der Waals surface area (Å²) in [6, 6.07) is 26.1. The first-order valence-electron chi connectivity index (χ1n) is 9.37. The second-order valence-corrected chi connectivity index (χ2v) is 8.37. The number of halogens is 1. The molecule has 0 aromatic heterocycles. The first-order valence-corrected chi connectivity index (χ1v) is 10.4.